The zero-order valence-corrected chi connectivity index (χ0v) is 8.03. The zero-order valence-electron chi connectivity index (χ0n) is 8.03. The molecule has 3 nitrogen and oxygen atoms in total. The van der Waals surface area contributed by atoms with Gasteiger partial charge in [0.25, 0.3) is 0 Å². The van der Waals surface area contributed by atoms with Gasteiger partial charge in [0.2, 0.25) is 0 Å². The Hall–Kier alpha value is -0.905. The standard InChI is InChI=1S/C9H12BFO3/c1-9(2,12)6-3-7(10(13)14)5-8(11)4-6/h3-5,12-14H,1-2H3. The summed E-state index contributed by atoms with van der Waals surface area (Å²) in [5.74, 6) is -0.604. The maximum absolute atomic E-state index is 13.0. The second-order valence-corrected chi connectivity index (χ2v) is 3.71. The summed E-state index contributed by atoms with van der Waals surface area (Å²) in [6.45, 7) is 2.99. The van der Waals surface area contributed by atoms with E-state index < -0.39 is 18.5 Å². The number of aliphatic hydroxyl groups is 1. The van der Waals surface area contributed by atoms with Crippen molar-refractivity contribution in [2.75, 3.05) is 0 Å². The fourth-order valence-electron chi connectivity index (χ4n) is 1.11. The van der Waals surface area contributed by atoms with Crippen LogP contribution in [0, 0.1) is 5.82 Å². The van der Waals surface area contributed by atoms with Gasteiger partial charge in [-0.15, -0.1) is 0 Å². The monoisotopic (exact) mass is 198 g/mol. The Morgan fingerprint density at radius 1 is 1.21 bits per heavy atom. The second-order valence-electron chi connectivity index (χ2n) is 3.71. The van der Waals surface area contributed by atoms with Crippen LogP contribution in [-0.2, 0) is 5.60 Å². The minimum atomic E-state index is -1.73. The molecule has 0 spiro atoms. The molecule has 14 heavy (non-hydrogen) atoms. The van der Waals surface area contributed by atoms with E-state index in [1.165, 1.54) is 19.9 Å². The van der Waals surface area contributed by atoms with Crippen LogP contribution in [0.25, 0.3) is 0 Å². The molecule has 0 saturated carbocycles. The third-order valence-electron chi connectivity index (χ3n) is 1.92. The van der Waals surface area contributed by atoms with E-state index in [2.05, 4.69) is 0 Å². The first-order chi connectivity index (χ1) is 6.30. The molecule has 0 unspecified atom stereocenters. The highest BCUT2D eigenvalue weighted by atomic mass is 19.1. The van der Waals surface area contributed by atoms with E-state index in [9.17, 15) is 9.50 Å². The highest BCUT2D eigenvalue weighted by molar-refractivity contribution is 6.58. The van der Waals surface area contributed by atoms with Crippen LogP contribution < -0.4 is 5.46 Å². The number of rotatable bonds is 2. The van der Waals surface area contributed by atoms with Crippen molar-refractivity contribution < 1.29 is 19.5 Å². The predicted molar refractivity (Wildman–Crippen MR) is 51.5 cm³/mol. The largest absolute Gasteiger partial charge is 0.488 e. The molecule has 0 atom stereocenters. The molecule has 0 heterocycles. The molecule has 0 bridgehead atoms. The Kier molecular flexibility index (Phi) is 2.94. The number of benzene rings is 1. The van der Waals surface area contributed by atoms with Gasteiger partial charge in [0.1, 0.15) is 5.82 Å². The number of halogens is 1. The molecule has 0 aliphatic carbocycles. The van der Waals surface area contributed by atoms with Crippen molar-refractivity contribution >= 4 is 12.6 Å². The van der Waals surface area contributed by atoms with E-state index in [-0.39, 0.29) is 5.46 Å². The predicted octanol–water partition coefficient (Wildman–Crippen LogP) is -0.267. The van der Waals surface area contributed by atoms with Gasteiger partial charge in [0.05, 0.1) is 5.60 Å². The van der Waals surface area contributed by atoms with Gasteiger partial charge in [-0.2, -0.15) is 0 Å². The highest BCUT2D eigenvalue weighted by Crippen LogP contribution is 2.19. The van der Waals surface area contributed by atoms with Crippen LogP contribution in [0.5, 0.6) is 0 Å². The minimum Gasteiger partial charge on any atom is -0.423 e. The van der Waals surface area contributed by atoms with Gasteiger partial charge in [-0.05, 0) is 37.0 Å². The summed E-state index contributed by atoms with van der Waals surface area (Å²) in [6.07, 6.45) is 0. The lowest BCUT2D eigenvalue weighted by Crippen LogP contribution is -2.32. The van der Waals surface area contributed by atoms with E-state index >= 15 is 0 Å². The van der Waals surface area contributed by atoms with Gasteiger partial charge in [-0.3, -0.25) is 0 Å². The summed E-state index contributed by atoms with van der Waals surface area (Å²) >= 11 is 0. The van der Waals surface area contributed by atoms with E-state index in [1.54, 1.807) is 0 Å². The summed E-state index contributed by atoms with van der Waals surface area (Å²) in [7, 11) is -1.73. The molecule has 0 aromatic heterocycles. The molecule has 0 amide bonds. The molecular weight excluding hydrogens is 186 g/mol. The molecule has 0 saturated heterocycles. The lowest BCUT2D eigenvalue weighted by molar-refractivity contribution is 0.0783. The fourth-order valence-corrected chi connectivity index (χ4v) is 1.11. The summed E-state index contributed by atoms with van der Waals surface area (Å²) in [5, 5.41) is 27.3. The third-order valence-corrected chi connectivity index (χ3v) is 1.92. The van der Waals surface area contributed by atoms with E-state index in [4.69, 9.17) is 10.0 Å². The van der Waals surface area contributed by atoms with Gasteiger partial charge in [0, 0.05) is 0 Å². The lowest BCUT2D eigenvalue weighted by atomic mass is 9.78. The van der Waals surface area contributed by atoms with Gasteiger partial charge in [-0.25, -0.2) is 4.39 Å². The molecule has 0 radical (unpaired) electrons. The highest BCUT2D eigenvalue weighted by Gasteiger charge is 2.20. The molecule has 5 heteroatoms. The molecule has 76 valence electrons. The van der Waals surface area contributed by atoms with Crippen LogP contribution in [0.15, 0.2) is 18.2 Å². The molecule has 3 N–H and O–H groups in total. The van der Waals surface area contributed by atoms with Gasteiger partial charge >= 0.3 is 7.12 Å². The molecular formula is C9H12BFO3. The average Bonchev–Trinajstić information content (AvgIpc) is 2.01. The van der Waals surface area contributed by atoms with E-state index in [0.29, 0.717) is 5.56 Å². The maximum atomic E-state index is 13.0. The van der Waals surface area contributed by atoms with Crippen LogP contribution in [0.1, 0.15) is 19.4 Å². The number of hydrogen-bond acceptors (Lipinski definition) is 3. The van der Waals surface area contributed by atoms with Crippen molar-refractivity contribution in [1.82, 2.24) is 0 Å². The normalized spacial score (nSPS) is 11.6. The van der Waals surface area contributed by atoms with E-state index in [0.717, 1.165) is 12.1 Å². The quantitative estimate of drug-likeness (QED) is 0.573. The first-order valence-corrected chi connectivity index (χ1v) is 4.20. The van der Waals surface area contributed by atoms with Crippen LogP contribution in [0.4, 0.5) is 4.39 Å². The number of hydrogen-bond donors (Lipinski definition) is 3. The average molecular weight is 198 g/mol. The summed E-state index contributed by atoms with van der Waals surface area (Å²) in [4.78, 5) is 0. The van der Waals surface area contributed by atoms with Crippen molar-refractivity contribution in [3.8, 4) is 0 Å². The Bertz CT molecular complexity index is 333. The first kappa shape index (κ1) is 11.2. The second kappa shape index (κ2) is 3.69. The third kappa shape index (κ3) is 2.54. The molecule has 0 aliphatic heterocycles. The molecule has 0 fully saturated rings. The van der Waals surface area contributed by atoms with Gasteiger partial charge < -0.3 is 15.2 Å². The van der Waals surface area contributed by atoms with Crippen molar-refractivity contribution in [3.05, 3.63) is 29.6 Å². The Morgan fingerprint density at radius 2 is 1.79 bits per heavy atom. The van der Waals surface area contributed by atoms with Crippen molar-refractivity contribution in [1.29, 1.82) is 0 Å². The zero-order chi connectivity index (χ0) is 10.9. The topological polar surface area (TPSA) is 60.7 Å². The van der Waals surface area contributed by atoms with Crippen LogP contribution >= 0.6 is 0 Å². The SMILES string of the molecule is CC(C)(O)c1cc(F)cc(B(O)O)c1. The molecule has 1 rings (SSSR count). The smallest absolute Gasteiger partial charge is 0.423 e. The van der Waals surface area contributed by atoms with Crippen LogP contribution in [0.2, 0.25) is 0 Å². The summed E-state index contributed by atoms with van der Waals surface area (Å²) in [5.41, 5.74) is -0.867. The van der Waals surface area contributed by atoms with Gasteiger partial charge in [-0.1, -0.05) is 6.07 Å². The van der Waals surface area contributed by atoms with Crippen LogP contribution in [-0.4, -0.2) is 22.3 Å². The summed E-state index contributed by atoms with van der Waals surface area (Å²) < 4.78 is 13.0. The Morgan fingerprint density at radius 3 is 2.21 bits per heavy atom. The lowest BCUT2D eigenvalue weighted by Gasteiger charge is -2.18. The minimum absolute atomic E-state index is 0.0297. The fraction of sp³-hybridized carbons (Fsp3) is 0.333. The van der Waals surface area contributed by atoms with Gasteiger partial charge in [0.15, 0.2) is 0 Å². The van der Waals surface area contributed by atoms with Crippen molar-refractivity contribution in [3.63, 3.8) is 0 Å². The molecule has 0 aliphatic rings. The molecule has 1 aromatic carbocycles. The maximum Gasteiger partial charge on any atom is 0.488 e. The Labute approximate surface area is 82.0 Å². The van der Waals surface area contributed by atoms with Crippen molar-refractivity contribution in [2.45, 2.75) is 19.4 Å². The van der Waals surface area contributed by atoms with E-state index in [1.807, 2.05) is 0 Å². The van der Waals surface area contributed by atoms with Crippen LogP contribution in [0.3, 0.4) is 0 Å². The Balaban J connectivity index is 3.21. The molecule has 1 aromatic rings. The van der Waals surface area contributed by atoms with Crippen molar-refractivity contribution in [2.24, 2.45) is 0 Å². The first-order valence-electron chi connectivity index (χ1n) is 4.20. The summed E-state index contributed by atoms with van der Waals surface area (Å²) in [6, 6.07) is 3.53.